The quantitative estimate of drug-likeness (QED) is 0.817. The average Bonchev–Trinajstić information content (AvgIpc) is 2.56. The summed E-state index contributed by atoms with van der Waals surface area (Å²) in [6, 6.07) is 14.3. The van der Waals surface area contributed by atoms with Crippen LogP contribution in [0.25, 0.3) is 0 Å². The molecule has 0 radical (unpaired) electrons. The van der Waals surface area contributed by atoms with Gasteiger partial charge in [0.15, 0.2) is 0 Å². The van der Waals surface area contributed by atoms with Gasteiger partial charge in [0, 0.05) is 25.2 Å². The second-order valence-corrected chi connectivity index (χ2v) is 5.69. The minimum atomic E-state index is -0.496. The third-order valence-electron chi connectivity index (χ3n) is 3.55. The topological polar surface area (TPSA) is 32.3 Å². The van der Waals surface area contributed by atoms with Gasteiger partial charge < -0.3 is 5.32 Å². The van der Waals surface area contributed by atoms with Gasteiger partial charge >= 0.3 is 0 Å². The van der Waals surface area contributed by atoms with Crippen LogP contribution in [-0.2, 0) is 11.3 Å². The van der Waals surface area contributed by atoms with E-state index in [9.17, 15) is 9.18 Å². The fourth-order valence-electron chi connectivity index (χ4n) is 2.25. The smallest absolute Gasteiger partial charge is 0.225 e. The second kappa shape index (κ2) is 8.65. The first-order valence-electron chi connectivity index (χ1n) is 7.59. The lowest BCUT2D eigenvalue weighted by molar-refractivity contribution is -0.116. The van der Waals surface area contributed by atoms with E-state index >= 15 is 0 Å². The molecule has 0 saturated carbocycles. The van der Waals surface area contributed by atoms with Crippen molar-refractivity contribution in [2.24, 2.45) is 0 Å². The Labute approximate surface area is 141 Å². The fourth-order valence-corrected chi connectivity index (χ4v) is 2.43. The fraction of sp³-hybridized carbons (Fsp3) is 0.278. The lowest BCUT2D eigenvalue weighted by atomic mass is 10.2. The molecule has 0 aliphatic carbocycles. The highest BCUT2D eigenvalue weighted by Crippen LogP contribution is 2.19. The van der Waals surface area contributed by atoms with Crippen molar-refractivity contribution in [1.29, 1.82) is 0 Å². The molecule has 0 heterocycles. The second-order valence-electron chi connectivity index (χ2n) is 5.28. The maximum absolute atomic E-state index is 13.1. The van der Waals surface area contributed by atoms with Crippen LogP contribution in [0, 0.1) is 5.82 Å². The SMILES string of the molecule is CCN(CCC(=O)Nc1ccc(F)c(Cl)c1)Cc1ccccc1. The van der Waals surface area contributed by atoms with Crippen molar-refractivity contribution in [3.63, 3.8) is 0 Å². The van der Waals surface area contributed by atoms with E-state index in [-0.39, 0.29) is 10.9 Å². The molecule has 0 aromatic heterocycles. The third kappa shape index (κ3) is 5.66. The summed E-state index contributed by atoms with van der Waals surface area (Å²) in [6.07, 6.45) is 0.371. The van der Waals surface area contributed by atoms with Gasteiger partial charge in [-0.1, -0.05) is 48.9 Å². The van der Waals surface area contributed by atoms with E-state index in [1.54, 1.807) is 0 Å². The maximum atomic E-state index is 13.1. The van der Waals surface area contributed by atoms with Gasteiger partial charge in [0.2, 0.25) is 5.91 Å². The van der Waals surface area contributed by atoms with Crippen LogP contribution >= 0.6 is 11.6 Å². The van der Waals surface area contributed by atoms with Crippen molar-refractivity contribution in [3.05, 3.63) is 64.9 Å². The number of benzene rings is 2. The summed E-state index contributed by atoms with van der Waals surface area (Å²) >= 11 is 5.70. The largest absolute Gasteiger partial charge is 0.326 e. The first-order chi connectivity index (χ1) is 11.1. The number of carbonyl (C=O) groups excluding carboxylic acids is 1. The van der Waals surface area contributed by atoms with Crippen LogP contribution in [-0.4, -0.2) is 23.9 Å². The van der Waals surface area contributed by atoms with E-state index < -0.39 is 5.82 Å². The van der Waals surface area contributed by atoms with E-state index in [1.807, 2.05) is 18.2 Å². The Morgan fingerprint density at radius 2 is 1.96 bits per heavy atom. The highest BCUT2D eigenvalue weighted by Gasteiger charge is 2.09. The molecule has 0 aliphatic heterocycles. The van der Waals surface area contributed by atoms with Crippen molar-refractivity contribution < 1.29 is 9.18 Å². The number of halogens is 2. The zero-order valence-electron chi connectivity index (χ0n) is 13.1. The first kappa shape index (κ1) is 17.4. The van der Waals surface area contributed by atoms with Gasteiger partial charge in [-0.2, -0.15) is 0 Å². The van der Waals surface area contributed by atoms with Gasteiger partial charge in [0.05, 0.1) is 5.02 Å². The highest BCUT2D eigenvalue weighted by atomic mass is 35.5. The Hall–Kier alpha value is -1.91. The molecule has 1 amide bonds. The first-order valence-corrected chi connectivity index (χ1v) is 7.97. The number of nitrogens with zero attached hydrogens (tertiary/aromatic N) is 1. The number of anilines is 1. The van der Waals surface area contributed by atoms with Gasteiger partial charge in [-0.25, -0.2) is 4.39 Å². The van der Waals surface area contributed by atoms with Crippen molar-refractivity contribution in [2.45, 2.75) is 19.9 Å². The molecule has 2 aromatic carbocycles. The Bertz CT molecular complexity index is 649. The average molecular weight is 335 g/mol. The standard InChI is InChI=1S/C18H20ClFN2O/c1-2-22(13-14-6-4-3-5-7-14)11-10-18(23)21-15-8-9-17(20)16(19)12-15/h3-9,12H,2,10-11,13H2,1H3,(H,21,23). The monoisotopic (exact) mass is 334 g/mol. The van der Waals surface area contributed by atoms with Gasteiger partial charge in [-0.15, -0.1) is 0 Å². The zero-order valence-corrected chi connectivity index (χ0v) is 13.8. The van der Waals surface area contributed by atoms with E-state index in [0.717, 1.165) is 13.1 Å². The zero-order chi connectivity index (χ0) is 16.7. The van der Waals surface area contributed by atoms with Crippen molar-refractivity contribution in [3.8, 4) is 0 Å². The molecule has 5 heteroatoms. The lowest BCUT2D eigenvalue weighted by Crippen LogP contribution is -2.27. The molecule has 23 heavy (non-hydrogen) atoms. The van der Waals surface area contributed by atoms with E-state index in [0.29, 0.717) is 18.7 Å². The van der Waals surface area contributed by atoms with Crippen LogP contribution in [0.2, 0.25) is 5.02 Å². The molecule has 0 fully saturated rings. The van der Waals surface area contributed by atoms with E-state index in [2.05, 4.69) is 29.3 Å². The minimum Gasteiger partial charge on any atom is -0.326 e. The summed E-state index contributed by atoms with van der Waals surface area (Å²) in [7, 11) is 0. The molecule has 0 saturated heterocycles. The molecule has 0 unspecified atom stereocenters. The number of amides is 1. The van der Waals surface area contributed by atoms with Crippen LogP contribution in [0.3, 0.4) is 0 Å². The van der Waals surface area contributed by atoms with Crippen LogP contribution in [0.1, 0.15) is 18.9 Å². The molecule has 0 aliphatic rings. The number of hydrogen-bond donors (Lipinski definition) is 1. The molecule has 0 bridgehead atoms. The molecule has 0 spiro atoms. The Kier molecular flexibility index (Phi) is 6.56. The molecule has 2 aromatic rings. The number of nitrogens with one attached hydrogen (secondary N) is 1. The van der Waals surface area contributed by atoms with Gasteiger partial charge in [-0.05, 0) is 30.3 Å². The molecule has 0 atom stereocenters. The number of carbonyl (C=O) groups is 1. The number of rotatable bonds is 7. The summed E-state index contributed by atoms with van der Waals surface area (Å²) in [5, 5.41) is 2.74. The van der Waals surface area contributed by atoms with Crippen LogP contribution < -0.4 is 5.32 Å². The van der Waals surface area contributed by atoms with Gasteiger partial charge in [-0.3, -0.25) is 9.69 Å². The van der Waals surface area contributed by atoms with E-state index in [4.69, 9.17) is 11.6 Å². The summed E-state index contributed by atoms with van der Waals surface area (Å²) in [5.74, 6) is -0.608. The van der Waals surface area contributed by atoms with Crippen molar-refractivity contribution in [2.75, 3.05) is 18.4 Å². The predicted octanol–water partition coefficient (Wildman–Crippen LogP) is 4.33. The normalized spacial score (nSPS) is 10.8. The van der Waals surface area contributed by atoms with E-state index in [1.165, 1.54) is 23.8 Å². The third-order valence-corrected chi connectivity index (χ3v) is 3.84. The molecule has 122 valence electrons. The van der Waals surface area contributed by atoms with Crippen LogP contribution in [0.4, 0.5) is 10.1 Å². The Morgan fingerprint density at radius 3 is 2.61 bits per heavy atom. The maximum Gasteiger partial charge on any atom is 0.225 e. The van der Waals surface area contributed by atoms with Gasteiger partial charge in [0.1, 0.15) is 5.82 Å². The molecule has 3 nitrogen and oxygen atoms in total. The minimum absolute atomic E-state index is 0.00191. The molecule has 2 rings (SSSR count). The van der Waals surface area contributed by atoms with Crippen molar-refractivity contribution >= 4 is 23.2 Å². The van der Waals surface area contributed by atoms with Crippen molar-refractivity contribution in [1.82, 2.24) is 4.90 Å². The lowest BCUT2D eigenvalue weighted by Gasteiger charge is -2.20. The summed E-state index contributed by atoms with van der Waals surface area (Å²) < 4.78 is 13.1. The molecular formula is C18H20ClFN2O. The molecule has 1 N–H and O–H groups in total. The Balaban J connectivity index is 1.83. The Morgan fingerprint density at radius 1 is 1.22 bits per heavy atom. The summed E-state index contributed by atoms with van der Waals surface area (Å²) in [4.78, 5) is 14.2. The van der Waals surface area contributed by atoms with Crippen LogP contribution in [0.15, 0.2) is 48.5 Å². The van der Waals surface area contributed by atoms with Crippen LogP contribution in [0.5, 0.6) is 0 Å². The van der Waals surface area contributed by atoms with Gasteiger partial charge in [0.25, 0.3) is 0 Å². The summed E-state index contributed by atoms with van der Waals surface area (Å²) in [6.45, 7) is 4.41. The molecular weight excluding hydrogens is 315 g/mol. The summed E-state index contributed by atoms with van der Waals surface area (Å²) in [5.41, 5.74) is 1.73. The number of hydrogen-bond acceptors (Lipinski definition) is 2. The predicted molar refractivity (Wildman–Crippen MR) is 92.0 cm³/mol. The highest BCUT2D eigenvalue weighted by molar-refractivity contribution is 6.31.